The van der Waals surface area contributed by atoms with Gasteiger partial charge in [-0.15, -0.1) is 23.8 Å². The third kappa shape index (κ3) is 10.2. The van der Waals surface area contributed by atoms with Gasteiger partial charge >= 0.3 is 0 Å². The van der Waals surface area contributed by atoms with E-state index in [2.05, 4.69) is 194 Å². The van der Waals surface area contributed by atoms with Gasteiger partial charge in [0.15, 0.2) is 0 Å². The van der Waals surface area contributed by atoms with Crippen molar-refractivity contribution < 1.29 is 28.9 Å². The van der Waals surface area contributed by atoms with Crippen LogP contribution < -0.4 is 0 Å². The molecular weight excluding hydrogens is 1150 g/mol. The molecule has 1 N–H and O–H groups in total. The van der Waals surface area contributed by atoms with Crippen LogP contribution in [0.5, 0.6) is 5.75 Å². The molecule has 0 aliphatic heterocycles. The molecule has 0 unspecified atom stereocenters. The second kappa shape index (κ2) is 22.6. The Labute approximate surface area is 487 Å². The van der Waals surface area contributed by atoms with Crippen molar-refractivity contribution in [2.24, 2.45) is 5.92 Å². The Hall–Kier alpha value is -8.69. The van der Waals surface area contributed by atoms with E-state index < -0.39 is 6.37 Å². The molecule has 0 saturated heterocycles. The van der Waals surface area contributed by atoms with Crippen LogP contribution in [0.15, 0.2) is 255 Å². The Kier molecular flexibility index (Phi) is 14.0. The van der Waals surface area contributed by atoms with E-state index in [1.54, 1.807) is 0 Å². The molecule has 1 aliphatic carbocycles. The molecule has 1 aliphatic rings. The van der Waals surface area contributed by atoms with Crippen molar-refractivity contribution in [3.8, 4) is 101 Å². The predicted octanol–water partition coefficient (Wildman–Crippen LogP) is 19.3. The van der Waals surface area contributed by atoms with Crippen molar-refractivity contribution in [1.29, 1.82) is 0 Å². The molecule has 1 fully saturated rings. The number of aromatic nitrogens is 3. The first-order valence-corrected chi connectivity index (χ1v) is 27.6. The van der Waals surface area contributed by atoms with Crippen molar-refractivity contribution in [3.05, 3.63) is 278 Å². The number of rotatable bonds is 13. The second-order valence-corrected chi connectivity index (χ2v) is 21.3. The van der Waals surface area contributed by atoms with E-state index in [1.807, 2.05) is 85.1 Å². The number of imidazole rings is 1. The van der Waals surface area contributed by atoms with Crippen molar-refractivity contribution in [2.75, 3.05) is 0 Å². The molecule has 0 radical (unpaired) electrons. The third-order valence-corrected chi connectivity index (χ3v) is 16.0. The van der Waals surface area contributed by atoms with Crippen LogP contribution in [-0.4, -0.2) is 19.6 Å². The van der Waals surface area contributed by atoms with Gasteiger partial charge in [0.05, 0.1) is 22.3 Å². The van der Waals surface area contributed by atoms with Gasteiger partial charge in [-0.3, -0.25) is 9.55 Å². The minimum Gasteiger partial charge on any atom is -0.507 e. The van der Waals surface area contributed by atoms with Gasteiger partial charge in [0.2, 0.25) is 0 Å². The van der Waals surface area contributed by atoms with Gasteiger partial charge in [-0.25, -0.2) is 4.98 Å². The van der Waals surface area contributed by atoms with Crippen molar-refractivity contribution in [3.63, 3.8) is 0 Å². The van der Waals surface area contributed by atoms with Gasteiger partial charge in [0, 0.05) is 52.2 Å². The van der Waals surface area contributed by atoms with Crippen LogP contribution in [0.1, 0.15) is 59.0 Å². The molecule has 0 bridgehead atoms. The summed E-state index contributed by atoms with van der Waals surface area (Å²) in [5, 5.41) is 12.9. The van der Waals surface area contributed by atoms with Gasteiger partial charge in [0.1, 0.15) is 11.6 Å². The second-order valence-electron chi connectivity index (χ2n) is 21.3. The number of phenols is 1. The number of pyridine rings is 1. The summed E-state index contributed by atoms with van der Waals surface area (Å²) in [5.41, 5.74) is 18.9. The van der Waals surface area contributed by atoms with Gasteiger partial charge in [0.25, 0.3) is 0 Å². The molecule has 2 heterocycles. The Morgan fingerprint density at radius 2 is 1.06 bits per heavy atom. The largest absolute Gasteiger partial charge is 0.507 e. The molecule has 12 aromatic rings. The fraction of sp³-hybridized carbons (Fsp3) is 0.120. The summed E-state index contributed by atoms with van der Waals surface area (Å²) in [6, 6.07) is 89.5. The van der Waals surface area contributed by atoms with Crippen LogP contribution >= 0.6 is 0 Å². The zero-order valence-electron chi connectivity index (χ0n) is 46.8. The molecular formula is C75H60N3OPt-. The monoisotopic (exact) mass is 1220 g/mol. The van der Waals surface area contributed by atoms with Crippen LogP contribution in [-0.2, 0) is 32.9 Å². The average Bonchev–Trinajstić information content (AvgIpc) is 4.37. The summed E-state index contributed by atoms with van der Waals surface area (Å²) in [6.45, 7) is 4.56. The molecule has 392 valence electrons. The number of para-hydroxylation sites is 2. The summed E-state index contributed by atoms with van der Waals surface area (Å²) in [5.74, 6) is 0.588. The Bertz CT molecular complexity index is 4250. The summed E-state index contributed by atoms with van der Waals surface area (Å²) in [7, 11) is 0. The summed E-state index contributed by atoms with van der Waals surface area (Å²) < 4.78 is 21.4. The van der Waals surface area contributed by atoms with E-state index in [0.717, 1.165) is 115 Å². The van der Waals surface area contributed by atoms with Crippen molar-refractivity contribution in [2.45, 2.75) is 51.3 Å². The molecule has 0 spiro atoms. The van der Waals surface area contributed by atoms with Crippen LogP contribution in [0.25, 0.3) is 106 Å². The van der Waals surface area contributed by atoms with Gasteiger partial charge < -0.3 is 5.11 Å². The van der Waals surface area contributed by atoms with E-state index in [9.17, 15) is 7.85 Å². The maximum Gasteiger partial charge on any atom is 0.148 e. The van der Waals surface area contributed by atoms with E-state index in [4.69, 9.17) is 9.97 Å². The minimum absolute atomic E-state index is 0. The standard InChI is InChI=1S/C75H60N3O.Pt/c1-75(2,61-31-13-6-14-32-61)62-33-19-30-56(49-62)57-42-43-76-69(50-57)60-47-58(53-24-7-3-8-25-53)46-59(48-60)64-36-21-39-71-72(64)77-74(67-38-20-37-66(73(67)79)65-35-18-17-34-63(65)54-26-9-4-10-27-54)78(71)70-41-40-52(44-51-22-15-16-23-51)45-68(70)55-28-11-5-12-29-55;/h3-14,17-21,24-43,45-47,49-51,79H,15-16,22-23,44H2,1-2H3;/q-1;/i44D2;. The maximum atomic E-state index is 12.9. The molecule has 5 heteroatoms. The molecule has 13 rings (SSSR count). The number of fused-ring (bicyclic) bond motifs is 1. The average molecular weight is 1220 g/mol. The molecule has 1 saturated carbocycles. The van der Waals surface area contributed by atoms with E-state index >= 15 is 0 Å². The number of hydrogen-bond acceptors (Lipinski definition) is 3. The topological polar surface area (TPSA) is 50.9 Å². The first kappa shape index (κ1) is 49.6. The van der Waals surface area contributed by atoms with Gasteiger partial charge in [-0.2, -0.15) is 0 Å². The Balaban J connectivity index is 0.00000665. The first-order chi connectivity index (χ1) is 39.6. The molecule has 10 aromatic carbocycles. The fourth-order valence-corrected chi connectivity index (χ4v) is 11.8. The number of phenolic OH excluding ortho intramolecular Hbond substituents is 1. The van der Waals surface area contributed by atoms with E-state index in [-0.39, 0.29) is 38.1 Å². The fourth-order valence-electron chi connectivity index (χ4n) is 11.8. The third-order valence-electron chi connectivity index (χ3n) is 16.0. The maximum absolute atomic E-state index is 12.9. The molecule has 0 amide bonds. The number of hydrogen-bond donors (Lipinski definition) is 1. The molecule has 4 nitrogen and oxygen atoms in total. The number of benzene rings is 10. The Morgan fingerprint density at radius 3 is 1.80 bits per heavy atom. The Morgan fingerprint density at radius 1 is 0.500 bits per heavy atom. The first-order valence-electron chi connectivity index (χ1n) is 28.6. The SMILES string of the molecule is [2H]C([2H])(c1ccc(-n2c(-c3cccc(-c4ccccc4-c4ccccc4)c3O)nc3c(-c4[c-]c(-c5cc(-c6cccc(C(C)(C)c7ccccc7)c6)ccn5)cc(-c5ccccc5)c4)cccc32)c(-c2ccccc2)c1)C1CCCC1.[Pt]. The number of nitrogens with zero attached hydrogens (tertiary/aromatic N) is 3. The van der Waals surface area contributed by atoms with Crippen LogP contribution in [0.2, 0.25) is 0 Å². The predicted molar refractivity (Wildman–Crippen MR) is 327 cm³/mol. The van der Waals surface area contributed by atoms with Crippen LogP contribution in [0.3, 0.4) is 0 Å². The molecule has 0 atom stereocenters. The summed E-state index contributed by atoms with van der Waals surface area (Å²) in [6.07, 6.45) is 4.18. The normalized spacial score (nSPS) is 13.2. The van der Waals surface area contributed by atoms with Crippen LogP contribution in [0, 0.1) is 12.0 Å². The summed E-state index contributed by atoms with van der Waals surface area (Å²) >= 11 is 0. The quantitative estimate of drug-likeness (QED) is 0.117. The summed E-state index contributed by atoms with van der Waals surface area (Å²) in [4.78, 5) is 10.7. The van der Waals surface area contributed by atoms with Crippen molar-refractivity contribution in [1.82, 2.24) is 14.5 Å². The van der Waals surface area contributed by atoms with Gasteiger partial charge in [-0.1, -0.05) is 262 Å². The number of aromatic hydroxyl groups is 1. The molecule has 80 heavy (non-hydrogen) atoms. The van der Waals surface area contributed by atoms with Crippen LogP contribution in [0.4, 0.5) is 0 Å². The zero-order chi connectivity index (χ0) is 55.1. The van der Waals surface area contributed by atoms with E-state index in [1.165, 1.54) is 11.1 Å². The smallest absolute Gasteiger partial charge is 0.148 e. The zero-order valence-corrected chi connectivity index (χ0v) is 47.0. The minimum atomic E-state index is -1.53. The van der Waals surface area contributed by atoms with Gasteiger partial charge in [-0.05, 0) is 98.3 Å². The van der Waals surface area contributed by atoms with E-state index in [0.29, 0.717) is 22.5 Å². The molecule has 2 aromatic heterocycles. The van der Waals surface area contributed by atoms with Crippen molar-refractivity contribution >= 4 is 11.0 Å².